The number of halogens is 1. The van der Waals surface area contributed by atoms with Crippen molar-refractivity contribution in [2.45, 2.75) is 26.8 Å². The molecular formula is C13H18BrNO. The molecule has 0 saturated heterocycles. The molecule has 0 aliphatic carbocycles. The van der Waals surface area contributed by atoms with Gasteiger partial charge in [0.05, 0.1) is 5.69 Å². The predicted molar refractivity (Wildman–Crippen MR) is 72.2 cm³/mol. The third kappa shape index (κ3) is 2.85. The van der Waals surface area contributed by atoms with Crippen LogP contribution in [-0.2, 0) is 0 Å². The molecule has 0 radical (unpaired) electrons. The Morgan fingerprint density at radius 3 is 2.38 bits per heavy atom. The van der Waals surface area contributed by atoms with Crippen LogP contribution < -0.4 is 4.90 Å². The second kappa shape index (κ2) is 5.48. The maximum Gasteiger partial charge on any atom is 0.150 e. The number of rotatable bonds is 4. The zero-order chi connectivity index (χ0) is 12.3. The van der Waals surface area contributed by atoms with Gasteiger partial charge < -0.3 is 4.90 Å². The third-order valence-corrected chi connectivity index (χ3v) is 3.70. The Hall–Kier alpha value is -0.830. The van der Waals surface area contributed by atoms with Crippen molar-refractivity contribution in [3.63, 3.8) is 0 Å². The van der Waals surface area contributed by atoms with Crippen LogP contribution in [0.2, 0.25) is 0 Å². The van der Waals surface area contributed by atoms with E-state index in [-0.39, 0.29) is 0 Å². The lowest BCUT2D eigenvalue weighted by Gasteiger charge is -2.30. The monoisotopic (exact) mass is 283 g/mol. The van der Waals surface area contributed by atoms with Crippen molar-refractivity contribution in [1.29, 1.82) is 0 Å². The minimum absolute atomic E-state index is 0.457. The van der Waals surface area contributed by atoms with Crippen molar-refractivity contribution in [3.8, 4) is 0 Å². The molecule has 1 rings (SSSR count). The van der Waals surface area contributed by atoms with Gasteiger partial charge in [-0.3, -0.25) is 4.79 Å². The number of carbonyl (C=O) groups excluding carboxylic acids is 1. The maximum absolute atomic E-state index is 10.6. The van der Waals surface area contributed by atoms with Gasteiger partial charge in [-0.1, -0.05) is 13.8 Å². The van der Waals surface area contributed by atoms with Crippen molar-refractivity contribution in [1.82, 2.24) is 0 Å². The van der Waals surface area contributed by atoms with Gasteiger partial charge in [0, 0.05) is 23.1 Å². The Bertz CT molecular complexity index is 376. The first kappa shape index (κ1) is 13.2. The highest BCUT2D eigenvalue weighted by Crippen LogP contribution is 2.28. The molecule has 1 unspecified atom stereocenters. The van der Waals surface area contributed by atoms with Crippen LogP contribution in [0.1, 0.15) is 31.1 Å². The van der Waals surface area contributed by atoms with Gasteiger partial charge in [0.1, 0.15) is 6.29 Å². The molecule has 0 saturated carbocycles. The normalized spacial score (nSPS) is 12.6. The van der Waals surface area contributed by atoms with Crippen LogP contribution >= 0.6 is 15.9 Å². The number of anilines is 1. The van der Waals surface area contributed by atoms with Crippen LogP contribution in [0.5, 0.6) is 0 Å². The van der Waals surface area contributed by atoms with Crippen molar-refractivity contribution < 1.29 is 4.79 Å². The number of benzene rings is 1. The van der Waals surface area contributed by atoms with Gasteiger partial charge in [-0.05, 0) is 47.0 Å². The predicted octanol–water partition coefficient (Wildman–Crippen LogP) is 3.74. The lowest BCUT2D eigenvalue weighted by molar-refractivity contribution is 0.112. The highest BCUT2D eigenvalue weighted by atomic mass is 79.9. The van der Waals surface area contributed by atoms with Gasteiger partial charge >= 0.3 is 0 Å². The summed E-state index contributed by atoms with van der Waals surface area (Å²) in [6.07, 6.45) is 0.862. The van der Waals surface area contributed by atoms with E-state index in [0.29, 0.717) is 17.5 Å². The van der Waals surface area contributed by atoms with E-state index >= 15 is 0 Å². The van der Waals surface area contributed by atoms with Crippen molar-refractivity contribution in [2.75, 3.05) is 11.9 Å². The van der Waals surface area contributed by atoms with Crippen molar-refractivity contribution in [3.05, 3.63) is 28.2 Å². The molecule has 1 atom stereocenters. The molecule has 0 N–H and O–H groups in total. The fraction of sp³-hybridized carbons (Fsp3) is 0.462. The first-order chi connectivity index (χ1) is 7.47. The second-order valence-electron chi connectivity index (χ2n) is 4.42. The van der Waals surface area contributed by atoms with Gasteiger partial charge in [0.2, 0.25) is 0 Å². The van der Waals surface area contributed by atoms with Gasteiger partial charge in [-0.25, -0.2) is 0 Å². The minimum Gasteiger partial charge on any atom is -0.371 e. The highest BCUT2D eigenvalue weighted by Gasteiger charge is 2.15. The average molecular weight is 284 g/mol. The summed E-state index contributed by atoms with van der Waals surface area (Å²) in [6, 6.07) is 6.13. The van der Waals surface area contributed by atoms with E-state index < -0.39 is 0 Å². The van der Waals surface area contributed by atoms with Crippen LogP contribution in [0, 0.1) is 5.92 Å². The number of aldehydes is 1. The van der Waals surface area contributed by atoms with Crippen LogP contribution in [0.3, 0.4) is 0 Å². The molecule has 0 bridgehead atoms. The largest absolute Gasteiger partial charge is 0.371 e. The fourth-order valence-corrected chi connectivity index (χ4v) is 2.23. The first-order valence-corrected chi connectivity index (χ1v) is 6.24. The molecule has 16 heavy (non-hydrogen) atoms. The number of carbonyl (C=O) groups is 1. The molecule has 0 heterocycles. The molecule has 1 aromatic carbocycles. The molecule has 2 nitrogen and oxygen atoms in total. The summed E-state index contributed by atoms with van der Waals surface area (Å²) < 4.78 is 0.965. The van der Waals surface area contributed by atoms with Crippen LogP contribution in [0.25, 0.3) is 0 Å². The second-order valence-corrected chi connectivity index (χ2v) is 5.28. The smallest absolute Gasteiger partial charge is 0.150 e. The van der Waals surface area contributed by atoms with Crippen LogP contribution in [-0.4, -0.2) is 19.4 Å². The van der Waals surface area contributed by atoms with E-state index in [0.717, 1.165) is 16.4 Å². The van der Waals surface area contributed by atoms with Crippen LogP contribution in [0.15, 0.2) is 22.7 Å². The lowest BCUT2D eigenvalue weighted by atomic mass is 10.0. The van der Waals surface area contributed by atoms with Gasteiger partial charge in [0.25, 0.3) is 0 Å². The number of nitrogens with zero attached hydrogens (tertiary/aromatic N) is 1. The Labute approximate surface area is 106 Å². The molecule has 0 amide bonds. The van der Waals surface area contributed by atoms with Crippen molar-refractivity contribution in [2.24, 2.45) is 5.92 Å². The van der Waals surface area contributed by atoms with Gasteiger partial charge in [-0.15, -0.1) is 0 Å². The number of hydrogen-bond acceptors (Lipinski definition) is 2. The molecule has 88 valence electrons. The Kier molecular flexibility index (Phi) is 4.54. The van der Waals surface area contributed by atoms with E-state index in [1.54, 1.807) is 0 Å². The number of hydrogen-bond donors (Lipinski definition) is 0. The zero-order valence-electron chi connectivity index (χ0n) is 10.2. The van der Waals surface area contributed by atoms with Gasteiger partial charge in [-0.2, -0.15) is 0 Å². The summed E-state index contributed by atoms with van der Waals surface area (Å²) in [5.74, 6) is 0.586. The van der Waals surface area contributed by atoms with Gasteiger partial charge in [0.15, 0.2) is 0 Å². The van der Waals surface area contributed by atoms with E-state index in [1.165, 1.54) is 0 Å². The quantitative estimate of drug-likeness (QED) is 0.785. The molecular weight excluding hydrogens is 266 g/mol. The topological polar surface area (TPSA) is 20.3 Å². The Morgan fingerprint density at radius 1 is 1.31 bits per heavy atom. The summed E-state index contributed by atoms with van der Waals surface area (Å²) in [5.41, 5.74) is 1.81. The fourth-order valence-electron chi connectivity index (χ4n) is 1.55. The summed E-state index contributed by atoms with van der Waals surface area (Å²) in [5, 5.41) is 0. The first-order valence-electron chi connectivity index (χ1n) is 5.45. The van der Waals surface area contributed by atoms with Crippen LogP contribution in [0.4, 0.5) is 5.69 Å². The van der Waals surface area contributed by atoms with E-state index in [2.05, 4.69) is 48.6 Å². The average Bonchev–Trinajstić information content (AvgIpc) is 2.26. The SMILES string of the molecule is CC(C)C(C)N(C)c1ccc(C=O)cc1Br. The maximum atomic E-state index is 10.6. The molecule has 0 aliphatic rings. The summed E-state index contributed by atoms with van der Waals surface area (Å²) in [7, 11) is 2.07. The van der Waals surface area contributed by atoms with E-state index in [4.69, 9.17) is 0 Å². The zero-order valence-corrected chi connectivity index (χ0v) is 11.8. The molecule has 0 aliphatic heterocycles. The minimum atomic E-state index is 0.457. The highest BCUT2D eigenvalue weighted by molar-refractivity contribution is 9.10. The lowest BCUT2D eigenvalue weighted by Crippen LogP contribution is -2.33. The molecule has 3 heteroatoms. The molecule has 0 fully saturated rings. The summed E-state index contributed by atoms with van der Waals surface area (Å²) in [4.78, 5) is 12.9. The summed E-state index contributed by atoms with van der Waals surface area (Å²) in [6.45, 7) is 6.61. The third-order valence-electron chi connectivity index (χ3n) is 3.06. The molecule has 0 spiro atoms. The Morgan fingerprint density at radius 2 is 1.94 bits per heavy atom. The van der Waals surface area contributed by atoms with E-state index in [1.807, 2.05) is 18.2 Å². The standard InChI is InChI=1S/C13H18BrNO/c1-9(2)10(3)15(4)13-6-5-11(8-16)7-12(13)14/h5-10H,1-4H3. The molecule has 0 aromatic heterocycles. The molecule has 1 aromatic rings. The van der Waals surface area contributed by atoms with E-state index in [9.17, 15) is 4.79 Å². The summed E-state index contributed by atoms with van der Waals surface area (Å²) >= 11 is 3.51. The Balaban J connectivity index is 3.00. The van der Waals surface area contributed by atoms with Crippen molar-refractivity contribution >= 4 is 27.9 Å².